The number of quaternary nitrogens is 2. The number of para-hydroxylation sites is 1. The molecule has 0 unspecified atom stereocenters. The van der Waals surface area contributed by atoms with Crippen molar-refractivity contribution >= 4 is 0 Å². The Morgan fingerprint density at radius 1 is 1.09 bits per heavy atom. The third-order valence-electron chi connectivity index (χ3n) is 5.06. The molecule has 1 aromatic rings. The van der Waals surface area contributed by atoms with E-state index < -0.39 is 0 Å². The first-order valence-corrected chi connectivity index (χ1v) is 9.07. The van der Waals surface area contributed by atoms with Gasteiger partial charge in [-0.2, -0.15) is 0 Å². The minimum absolute atomic E-state index is 0.577. The molecule has 0 spiro atoms. The molecule has 1 heterocycles. The first-order chi connectivity index (χ1) is 10.7. The maximum Gasteiger partial charge on any atom is 0.127 e. The summed E-state index contributed by atoms with van der Waals surface area (Å²) in [5.74, 6) is 1.67. The molecule has 1 aliphatic rings. The van der Waals surface area contributed by atoms with E-state index in [1.165, 1.54) is 51.1 Å². The van der Waals surface area contributed by atoms with Gasteiger partial charge in [-0.05, 0) is 36.8 Å². The Morgan fingerprint density at radius 3 is 2.55 bits per heavy atom. The van der Waals surface area contributed by atoms with Crippen molar-refractivity contribution in [3.63, 3.8) is 0 Å². The number of hydrogen-bond donors (Lipinski definition) is 2. The van der Waals surface area contributed by atoms with Crippen LogP contribution in [0.2, 0.25) is 0 Å². The second-order valence-electron chi connectivity index (χ2n) is 6.86. The van der Waals surface area contributed by atoms with Crippen molar-refractivity contribution in [2.24, 2.45) is 0 Å². The van der Waals surface area contributed by atoms with Crippen LogP contribution in [0, 0.1) is 0 Å². The fraction of sp³-hybridized carbons (Fsp3) is 0.684. The van der Waals surface area contributed by atoms with Gasteiger partial charge in [-0.25, -0.2) is 0 Å². The summed E-state index contributed by atoms with van der Waals surface area (Å²) in [5.41, 5.74) is 1.36. The quantitative estimate of drug-likeness (QED) is 0.679. The largest absolute Gasteiger partial charge is 0.493 e. The van der Waals surface area contributed by atoms with Crippen LogP contribution < -0.4 is 14.5 Å². The molecule has 124 valence electrons. The summed E-state index contributed by atoms with van der Waals surface area (Å²) >= 11 is 0. The summed E-state index contributed by atoms with van der Waals surface area (Å²) in [6.45, 7) is 12.0. The van der Waals surface area contributed by atoms with Crippen LogP contribution in [-0.4, -0.2) is 46.4 Å². The van der Waals surface area contributed by atoms with E-state index in [0.29, 0.717) is 5.92 Å². The summed E-state index contributed by atoms with van der Waals surface area (Å²) in [5, 5.41) is 0. The molecule has 0 bridgehead atoms. The molecule has 2 rings (SSSR count). The Kier molecular flexibility index (Phi) is 7.20. The van der Waals surface area contributed by atoms with E-state index in [0.717, 1.165) is 18.8 Å². The summed E-state index contributed by atoms with van der Waals surface area (Å²) < 4.78 is 6.05. The summed E-state index contributed by atoms with van der Waals surface area (Å²) in [6.07, 6.45) is 3.61. The number of benzene rings is 1. The Morgan fingerprint density at radius 2 is 1.82 bits per heavy atom. The molecule has 0 amide bonds. The topological polar surface area (TPSA) is 18.1 Å². The monoisotopic (exact) mass is 306 g/mol. The summed E-state index contributed by atoms with van der Waals surface area (Å²) in [6, 6.07) is 8.53. The molecule has 0 aliphatic carbocycles. The van der Waals surface area contributed by atoms with Gasteiger partial charge in [-0.3, -0.25) is 0 Å². The fourth-order valence-electron chi connectivity index (χ4n) is 3.18. The van der Waals surface area contributed by atoms with Gasteiger partial charge in [0.1, 0.15) is 31.9 Å². The van der Waals surface area contributed by atoms with Crippen molar-refractivity contribution in [3.8, 4) is 5.75 Å². The highest BCUT2D eigenvalue weighted by Crippen LogP contribution is 2.28. The number of ether oxygens (including phenoxy) is 1. The smallest absolute Gasteiger partial charge is 0.127 e. The zero-order valence-electron chi connectivity index (χ0n) is 14.7. The number of hydrogen-bond acceptors (Lipinski definition) is 1. The highest BCUT2D eigenvalue weighted by molar-refractivity contribution is 5.35. The van der Waals surface area contributed by atoms with Crippen LogP contribution in [0.4, 0.5) is 0 Å². The molecule has 0 saturated carbocycles. The van der Waals surface area contributed by atoms with E-state index in [1.54, 1.807) is 9.80 Å². The van der Waals surface area contributed by atoms with Gasteiger partial charge in [0.05, 0.1) is 20.2 Å². The molecule has 1 saturated heterocycles. The van der Waals surface area contributed by atoms with Gasteiger partial charge >= 0.3 is 0 Å². The van der Waals surface area contributed by atoms with E-state index in [-0.39, 0.29) is 0 Å². The van der Waals surface area contributed by atoms with Gasteiger partial charge in [0.15, 0.2) is 0 Å². The Bertz CT molecular complexity index is 427. The predicted molar refractivity (Wildman–Crippen MR) is 92.1 cm³/mol. The van der Waals surface area contributed by atoms with Crippen molar-refractivity contribution in [2.45, 2.75) is 39.0 Å². The van der Waals surface area contributed by atoms with Crippen molar-refractivity contribution in [1.82, 2.24) is 0 Å². The number of likely N-dealkylation sites (N-methyl/N-ethyl adjacent to an activating group) is 1. The summed E-state index contributed by atoms with van der Waals surface area (Å²) in [4.78, 5) is 3.47. The SMILES string of the molecule is CC[C@@H](C)c1ccccc1OCCCC[NH+]1CC[NH+](C)CC1. The molecule has 0 radical (unpaired) electrons. The number of rotatable bonds is 8. The molecule has 3 nitrogen and oxygen atoms in total. The average Bonchev–Trinajstić information content (AvgIpc) is 2.56. The minimum Gasteiger partial charge on any atom is -0.493 e. The zero-order valence-corrected chi connectivity index (χ0v) is 14.7. The van der Waals surface area contributed by atoms with E-state index in [2.05, 4.69) is 45.2 Å². The van der Waals surface area contributed by atoms with Crippen molar-refractivity contribution in [2.75, 3.05) is 46.4 Å². The first kappa shape index (κ1) is 17.3. The van der Waals surface area contributed by atoms with E-state index in [9.17, 15) is 0 Å². The van der Waals surface area contributed by atoms with E-state index >= 15 is 0 Å². The maximum absolute atomic E-state index is 6.05. The number of piperazine rings is 1. The van der Waals surface area contributed by atoms with Crippen molar-refractivity contribution in [1.29, 1.82) is 0 Å². The van der Waals surface area contributed by atoms with Gasteiger partial charge in [0, 0.05) is 0 Å². The molecule has 0 aromatic heterocycles. The van der Waals surface area contributed by atoms with Crippen LogP contribution in [0.15, 0.2) is 24.3 Å². The predicted octanol–water partition coefficient (Wildman–Crippen LogP) is 0.772. The average molecular weight is 306 g/mol. The molecule has 1 aromatic carbocycles. The lowest BCUT2D eigenvalue weighted by Gasteiger charge is -2.27. The van der Waals surface area contributed by atoms with Gasteiger partial charge in [-0.1, -0.05) is 32.0 Å². The number of unbranched alkanes of at least 4 members (excludes halogenated alkanes) is 1. The maximum atomic E-state index is 6.05. The van der Waals surface area contributed by atoms with Crippen LogP contribution in [0.25, 0.3) is 0 Å². The van der Waals surface area contributed by atoms with Gasteiger partial charge in [0.2, 0.25) is 0 Å². The molecule has 2 N–H and O–H groups in total. The van der Waals surface area contributed by atoms with Crippen molar-refractivity contribution < 1.29 is 14.5 Å². The normalized spacial score (nSPS) is 23.2. The standard InChI is InChI=1S/C19H32N2O/c1-4-17(2)18-9-5-6-10-19(18)22-16-8-7-11-21-14-12-20(3)13-15-21/h5-6,9-10,17H,4,7-8,11-16H2,1-3H3/p+2/t17-/m1/s1. The summed E-state index contributed by atoms with van der Waals surface area (Å²) in [7, 11) is 2.30. The lowest BCUT2D eigenvalue weighted by Crippen LogP contribution is -3.27. The fourth-order valence-corrected chi connectivity index (χ4v) is 3.18. The Balaban J connectivity index is 1.66. The van der Waals surface area contributed by atoms with Gasteiger partial charge in [-0.15, -0.1) is 0 Å². The second-order valence-corrected chi connectivity index (χ2v) is 6.86. The van der Waals surface area contributed by atoms with E-state index in [4.69, 9.17) is 4.74 Å². The lowest BCUT2D eigenvalue weighted by molar-refractivity contribution is -1.00. The third kappa shape index (κ3) is 5.29. The van der Waals surface area contributed by atoms with Crippen molar-refractivity contribution in [3.05, 3.63) is 29.8 Å². The Labute approximate surface area is 136 Å². The zero-order chi connectivity index (χ0) is 15.8. The van der Waals surface area contributed by atoms with Gasteiger partial charge < -0.3 is 14.5 Å². The van der Waals surface area contributed by atoms with Crippen LogP contribution in [0.5, 0.6) is 5.75 Å². The van der Waals surface area contributed by atoms with Gasteiger partial charge in [0.25, 0.3) is 0 Å². The highest BCUT2D eigenvalue weighted by Gasteiger charge is 2.18. The molecule has 22 heavy (non-hydrogen) atoms. The highest BCUT2D eigenvalue weighted by atomic mass is 16.5. The molecule has 1 fully saturated rings. The first-order valence-electron chi connectivity index (χ1n) is 9.07. The van der Waals surface area contributed by atoms with Crippen LogP contribution in [-0.2, 0) is 0 Å². The minimum atomic E-state index is 0.577. The molecule has 3 heteroatoms. The lowest BCUT2D eigenvalue weighted by atomic mass is 9.98. The molecule has 1 atom stereocenters. The molecular formula is C19H34N2O+2. The third-order valence-corrected chi connectivity index (χ3v) is 5.06. The van der Waals surface area contributed by atoms with E-state index in [1.807, 2.05) is 0 Å². The van der Waals surface area contributed by atoms with Crippen LogP contribution in [0.1, 0.15) is 44.6 Å². The second kappa shape index (κ2) is 9.16. The van der Waals surface area contributed by atoms with Crippen LogP contribution in [0.3, 0.4) is 0 Å². The Hall–Kier alpha value is -1.06. The molecule has 1 aliphatic heterocycles. The number of nitrogens with one attached hydrogen (secondary N) is 2. The van der Waals surface area contributed by atoms with Crippen LogP contribution >= 0.6 is 0 Å². The molecular weight excluding hydrogens is 272 g/mol.